The zero-order chi connectivity index (χ0) is 23.2. The molecule has 0 unspecified atom stereocenters. The van der Waals surface area contributed by atoms with Crippen molar-refractivity contribution < 1.29 is 18.0 Å². The normalized spacial score (nSPS) is 12.0. The van der Waals surface area contributed by atoms with Crippen molar-refractivity contribution in [2.45, 2.75) is 19.6 Å². The Morgan fingerprint density at radius 2 is 1.94 bits per heavy atom. The van der Waals surface area contributed by atoms with E-state index >= 15 is 0 Å². The summed E-state index contributed by atoms with van der Waals surface area (Å²) in [7, 11) is 0. The van der Waals surface area contributed by atoms with Crippen LogP contribution in [0.2, 0.25) is 0 Å². The lowest BCUT2D eigenvalue weighted by Crippen LogP contribution is -2.26. The van der Waals surface area contributed by atoms with Gasteiger partial charge in [0.05, 0.1) is 27.1 Å². The molecule has 2 aromatic carbocycles. The van der Waals surface area contributed by atoms with Gasteiger partial charge in [-0.1, -0.05) is 0 Å². The first-order valence-corrected chi connectivity index (χ1v) is 11.0. The molecule has 3 aromatic heterocycles. The second-order valence-corrected chi connectivity index (χ2v) is 8.76. The Morgan fingerprint density at radius 3 is 2.64 bits per heavy atom. The van der Waals surface area contributed by atoms with Crippen LogP contribution in [0.15, 0.2) is 61.2 Å². The van der Waals surface area contributed by atoms with E-state index in [4.69, 9.17) is 0 Å². The molecule has 0 spiro atoms. The van der Waals surface area contributed by atoms with Crippen molar-refractivity contribution in [3.05, 3.63) is 77.3 Å². The molecule has 0 aliphatic heterocycles. The van der Waals surface area contributed by atoms with Crippen LogP contribution >= 0.6 is 11.3 Å². The summed E-state index contributed by atoms with van der Waals surface area (Å²) in [6.45, 7) is 2.94. The van der Waals surface area contributed by atoms with Crippen LogP contribution in [0.4, 0.5) is 13.2 Å². The number of nitrogens with one attached hydrogen (secondary N) is 1. The SMILES string of the molecule is Cc1nc2c(s1)c1cc(C(=O)NCCn3ccnc3)ccc1n2-c1ccc(C(F)(F)F)cc1. The summed E-state index contributed by atoms with van der Waals surface area (Å²) in [5.74, 6) is -0.200. The van der Waals surface area contributed by atoms with Crippen molar-refractivity contribution in [3.8, 4) is 5.69 Å². The molecule has 0 fully saturated rings. The van der Waals surface area contributed by atoms with E-state index in [0.29, 0.717) is 30.0 Å². The van der Waals surface area contributed by atoms with Crippen molar-refractivity contribution in [3.63, 3.8) is 0 Å². The van der Waals surface area contributed by atoms with E-state index in [9.17, 15) is 18.0 Å². The summed E-state index contributed by atoms with van der Waals surface area (Å²) >= 11 is 1.49. The van der Waals surface area contributed by atoms with Gasteiger partial charge in [-0.2, -0.15) is 13.2 Å². The molecule has 3 heterocycles. The Labute approximate surface area is 190 Å². The molecule has 0 atom stereocenters. The number of amides is 1. The van der Waals surface area contributed by atoms with Crippen molar-refractivity contribution >= 4 is 38.5 Å². The van der Waals surface area contributed by atoms with Crippen molar-refractivity contribution in [1.29, 1.82) is 0 Å². The van der Waals surface area contributed by atoms with Gasteiger partial charge in [0.2, 0.25) is 0 Å². The molecule has 0 aliphatic carbocycles. The number of hydrogen-bond acceptors (Lipinski definition) is 4. The molecule has 1 amide bonds. The van der Waals surface area contributed by atoms with E-state index in [1.807, 2.05) is 34.4 Å². The Balaban J connectivity index is 1.51. The number of alkyl halides is 3. The molecular formula is C23H18F3N5OS. The molecule has 0 saturated heterocycles. The van der Waals surface area contributed by atoms with Crippen LogP contribution in [0.25, 0.3) is 26.9 Å². The zero-order valence-corrected chi connectivity index (χ0v) is 18.2. The van der Waals surface area contributed by atoms with E-state index < -0.39 is 11.7 Å². The standard InChI is InChI=1S/C23H18F3N5OS/c1-14-29-21-20(33-14)18-12-15(22(32)28-9-11-30-10-8-27-13-30)2-7-19(18)31(21)17-5-3-16(4-6-17)23(24,25)26/h2-8,10,12-13H,9,11H2,1H3,(H,28,32). The number of thiazole rings is 1. The highest BCUT2D eigenvalue weighted by Gasteiger charge is 2.30. The van der Waals surface area contributed by atoms with Gasteiger partial charge < -0.3 is 9.88 Å². The number of aromatic nitrogens is 4. The van der Waals surface area contributed by atoms with Crippen LogP contribution in [-0.4, -0.2) is 31.6 Å². The molecule has 168 valence electrons. The minimum atomic E-state index is -4.40. The highest BCUT2D eigenvalue weighted by atomic mass is 32.1. The largest absolute Gasteiger partial charge is 0.416 e. The minimum absolute atomic E-state index is 0.200. The van der Waals surface area contributed by atoms with Gasteiger partial charge in [-0.25, -0.2) is 9.97 Å². The van der Waals surface area contributed by atoms with E-state index in [1.54, 1.807) is 18.6 Å². The third kappa shape index (κ3) is 3.97. The quantitative estimate of drug-likeness (QED) is 0.385. The number of hydrogen-bond donors (Lipinski definition) is 1. The maximum atomic E-state index is 13.0. The molecule has 10 heteroatoms. The predicted octanol–water partition coefficient (Wildman–Crippen LogP) is 5.19. The van der Waals surface area contributed by atoms with Crippen LogP contribution in [-0.2, 0) is 12.7 Å². The highest BCUT2D eigenvalue weighted by Crippen LogP contribution is 2.37. The molecule has 0 radical (unpaired) electrons. The molecule has 5 rings (SSSR count). The van der Waals surface area contributed by atoms with Crippen LogP contribution < -0.4 is 5.32 Å². The Bertz CT molecular complexity index is 1450. The van der Waals surface area contributed by atoms with Crippen molar-refractivity contribution in [2.75, 3.05) is 6.54 Å². The van der Waals surface area contributed by atoms with E-state index in [-0.39, 0.29) is 5.91 Å². The highest BCUT2D eigenvalue weighted by molar-refractivity contribution is 7.19. The summed E-state index contributed by atoms with van der Waals surface area (Å²) in [6, 6.07) is 10.3. The first-order valence-electron chi connectivity index (χ1n) is 10.1. The summed E-state index contributed by atoms with van der Waals surface area (Å²) in [6.07, 6.45) is 0.791. The number of carbonyl (C=O) groups excluding carboxylic acids is 1. The maximum absolute atomic E-state index is 13.0. The molecule has 1 N–H and O–H groups in total. The van der Waals surface area contributed by atoms with Gasteiger partial charge in [-0.3, -0.25) is 9.36 Å². The smallest absolute Gasteiger partial charge is 0.350 e. The average molecular weight is 469 g/mol. The lowest BCUT2D eigenvalue weighted by molar-refractivity contribution is -0.137. The third-order valence-electron chi connectivity index (χ3n) is 5.34. The first kappa shape index (κ1) is 21.2. The zero-order valence-electron chi connectivity index (χ0n) is 17.4. The van der Waals surface area contributed by atoms with Gasteiger partial charge in [0, 0.05) is 42.1 Å². The summed E-state index contributed by atoms with van der Waals surface area (Å²) in [4.78, 5) is 21.3. The molecule has 6 nitrogen and oxygen atoms in total. The molecule has 33 heavy (non-hydrogen) atoms. The molecule has 0 aliphatic rings. The van der Waals surface area contributed by atoms with Crippen LogP contribution in [0.1, 0.15) is 20.9 Å². The van der Waals surface area contributed by atoms with Gasteiger partial charge >= 0.3 is 6.18 Å². The Hall–Kier alpha value is -3.66. The molecule has 0 saturated carbocycles. The fourth-order valence-corrected chi connectivity index (χ4v) is 4.72. The molecule has 5 aromatic rings. The van der Waals surface area contributed by atoms with Gasteiger partial charge in [0.25, 0.3) is 5.91 Å². The predicted molar refractivity (Wildman–Crippen MR) is 121 cm³/mol. The van der Waals surface area contributed by atoms with Gasteiger partial charge in [0.15, 0.2) is 5.65 Å². The number of rotatable bonds is 5. The number of imidazole rings is 1. The van der Waals surface area contributed by atoms with Crippen LogP contribution in [0.3, 0.4) is 0 Å². The first-order chi connectivity index (χ1) is 15.8. The van der Waals surface area contributed by atoms with Crippen LogP contribution in [0, 0.1) is 6.92 Å². The number of fused-ring (bicyclic) bond motifs is 3. The van der Waals surface area contributed by atoms with Crippen LogP contribution in [0.5, 0.6) is 0 Å². The lowest BCUT2D eigenvalue weighted by atomic mass is 10.1. The minimum Gasteiger partial charge on any atom is -0.350 e. The Kier molecular flexibility index (Phi) is 5.16. The van der Waals surface area contributed by atoms with E-state index in [0.717, 1.165) is 32.7 Å². The monoisotopic (exact) mass is 469 g/mol. The lowest BCUT2D eigenvalue weighted by Gasteiger charge is -2.10. The summed E-state index contributed by atoms with van der Waals surface area (Å²) < 4.78 is 43.6. The number of halogens is 3. The fraction of sp³-hybridized carbons (Fsp3) is 0.174. The number of nitrogens with zero attached hydrogens (tertiary/aromatic N) is 4. The second kappa shape index (κ2) is 8.04. The number of carbonyl (C=O) groups is 1. The molecular weight excluding hydrogens is 451 g/mol. The van der Waals surface area contributed by atoms with E-state index in [2.05, 4.69) is 15.3 Å². The van der Waals surface area contributed by atoms with Gasteiger partial charge in [0.1, 0.15) is 0 Å². The molecule has 0 bridgehead atoms. The Morgan fingerprint density at radius 1 is 1.15 bits per heavy atom. The van der Waals surface area contributed by atoms with Gasteiger partial charge in [-0.05, 0) is 49.4 Å². The van der Waals surface area contributed by atoms with Crippen molar-refractivity contribution in [1.82, 2.24) is 24.4 Å². The number of benzene rings is 2. The fourth-order valence-electron chi connectivity index (χ4n) is 3.79. The van der Waals surface area contributed by atoms with E-state index in [1.165, 1.54) is 23.5 Å². The second-order valence-electron chi connectivity index (χ2n) is 7.55. The summed E-state index contributed by atoms with van der Waals surface area (Å²) in [5, 5.41) is 4.56. The van der Waals surface area contributed by atoms with Crippen molar-refractivity contribution in [2.24, 2.45) is 0 Å². The maximum Gasteiger partial charge on any atom is 0.416 e. The number of aryl methyl sites for hydroxylation is 1. The topological polar surface area (TPSA) is 64.7 Å². The van der Waals surface area contributed by atoms with Gasteiger partial charge in [-0.15, -0.1) is 11.3 Å². The summed E-state index contributed by atoms with van der Waals surface area (Å²) in [5.41, 5.74) is 1.81. The average Bonchev–Trinajstić information content (AvgIpc) is 3.49. The third-order valence-corrected chi connectivity index (χ3v) is 6.33.